The van der Waals surface area contributed by atoms with E-state index >= 15 is 0 Å². The predicted octanol–water partition coefficient (Wildman–Crippen LogP) is 4.53. The molecule has 1 unspecified atom stereocenters. The lowest BCUT2D eigenvalue weighted by Crippen LogP contribution is -2.37. The average Bonchev–Trinajstić information content (AvgIpc) is 2.53. The topological polar surface area (TPSA) is 58.6 Å². The number of benzene rings is 1. The molecule has 27 heavy (non-hydrogen) atoms. The first-order chi connectivity index (χ1) is 12.3. The Bertz CT molecular complexity index is 654. The van der Waals surface area contributed by atoms with Crippen LogP contribution < -0.4 is 5.32 Å². The largest absolute Gasteiger partial charge is 0.444 e. The highest BCUT2D eigenvalue weighted by atomic mass is 19.4. The Morgan fingerprint density at radius 3 is 2.37 bits per heavy atom. The molecule has 0 aliphatic heterocycles. The number of halogens is 3. The molecule has 8 heteroatoms. The fraction of sp³-hybridized carbons (Fsp3) is 0.579. The molecule has 1 N–H and O–H groups in total. The number of hydrogen-bond donors (Lipinski definition) is 1. The zero-order valence-corrected chi connectivity index (χ0v) is 16.3. The first kappa shape index (κ1) is 22.8. The van der Waals surface area contributed by atoms with Crippen LogP contribution in [-0.4, -0.2) is 35.6 Å². The Morgan fingerprint density at radius 2 is 1.85 bits per heavy atom. The summed E-state index contributed by atoms with van der Waals surface area (Å²) >= 11 is 0. The number of alkyl carbamates (subject to hydrolysis) is 1. The summed E-state index contributed by atoms with van der Waals surface area (Å²) < 4.78 is 43.8. The van der Waals surface area contributed by atoms with Gasteiger partial charge in [0.25, 0.3) is 0 Å². The van der Waals surface area contributed by atoms with Gasteiger partial charge in [0.15, 0.2) is 0 Å². The summed E-state index contributed by atoms with van der Waals surface area (Å²) in [5.74, 6) is -0.265. The second kappa shape index (κ2) is 9.10. The number of alkyl halides is 3. The Balaban J connectivity index is 2.71. The van der Waals surface area contributed by atoms with E-state index in [-0.39, 0.29) is 18.9 Å². The predicted molar refractivity (Wildman–Crippen MR) is 96.1 cm³/mol. The first-order valence-electron chi connectivity index (χ1n) is 8.78. The molecular weight excluding hydrogens is 361 g/mol. The van der Waals surface area contributed by atoms with Crippen LogP contribution in [0.5, 0.6) is 0 Å². The SMILES string of the molecule is CCN(C(=O)CCNC(=O)OC(C)(C)C)C(C)c1cccc(C(F)(F)F)c1. The van der Waals surface area contributed by atoms with Crippen LogP contribution in [0.1, 0.15) is 58.2 Å². The van der Waals surface area contributed by atoms with Gasteiger partial charge >= 0.3 is 12.3 Å². The lowest BCUT2D eigenvalue weighted by Gasteiger charge is -2.29. The van der Waals surface area contributed by atoms with Gasteiger partial charge in [0, 0.05) is 19.5 Å². The van der Waals surface area contributed by atoms with Crippen molar-refractivity contribution in [1.29, 1.82) is 0 Å². The molecule has 0 fully saturated rings. The van der Waals surface area contributed by atoms with Crippen LogP contribution >= 0.6 is 0 Å². The summed E-state index contributed by atoms with van der Waals surface area (Å²) in [5, 5.41) is 2.50. The van der Waals surface area contributed by atoms with Crippen molar-refractivity contribution < 1.29 is 27.5 Å². The van der Waals surface area contributed by atoms with Crippen molar-refractivity contribution in [2.75, 3.05) is 13.1 Å². The Labute approximate surface area is 157 Å². The number of rotatable bonds is 6. The third kappa shape index (κ3) is 7.48. The second-order valence-electron chi connectivity index (χ2n) is 7.16. The molecular formula is C19H27F3N2O3. The Morgan fingerprint density at radius 1 is 1.22 bits per heavy atom. The molecule has 2 amide bonds. The number of amides is 2. The highest BCUT2D eigenvalue weighted by Gasteiger charge is 2.31. The molecule has 0 saturated heterocycles. The van der Waals surface area contributed by atoms with Crippen molar-refractivity contribution in [3.05, 3.63) is 35.4 Å². The van der Waals surface area contributed by atoms with E-state index in [4.69, 9.17) is 4.74 Å². The van der Waals surface area contributed by atoms with Crippen molar-refractivity contribution in [2.45, 2.75) is 58.9 Å². The fourth-order valence-electron chi connectivity index (χ4n) is 2.55. The van der Waals surface area contributed by atoms with Crippen molar-refractivity contribution >= 4 is 12.0 Å². The van der Waals surface area contributed by atoms with E-state index in [1.54, 1.807) is 40.7 Å². The molecule has 5 nitrogen and oxygen atoms in total. The lowest BCUT2D eigenvalue weighted by molar-refractivity contribution is -0.137. The van der Waals surface area contributed by atoms with Gasteiger partial charge in [-0.05, 0) is 52.3 Å². The van der Waals surface area contributed by atoms with Crippen LogP contribution in [0.25, 0.3) is 0 Å². The lowest BCUT2D eigenvalue weighted by atomic mass is 10.0. The van der Waals surface area contributed by atoms with Gasteiger partial charge in [-0.15, -0.1) is 0 Å². The quantitative estimate of drug-likeness (QED) is 0.779. The smallest absolute Gasteiger partial charge is 0.416 e. The molecule has 0 bridgehead atoms. The van der Waals surface area contributed by atoms with Gasteiger partial charge in [0.2, 0.25) is 5.91 Å². The second-order valence-corrected chi connectivity index (χ2v) is 7.16. The summed E-state index contributed by atoms with van der Waals surface area (Å²) in [4.78, 5) is 25.5. The van der Waals surface area contributed by atoms with E-state index in [2.05, 4.69) is 5.32 Å². The van der Waals surface area contributed by atoms with Crippen LogP contribution in [0, 0.1) is 0 Å². The maximum atomic E-state index is 12.9. The molecule has 1 rings (SSSR count). The van der Waals surface area contributed by atoms with Gasteiger partial charge in [-0.3, -0.25) is 4.79 Å². The van der Waals surface area contributed by atoms with E-state index in [9.17, 15) is 22.8 Å². The molecule has 0 heterocycles. The van der Waals surface area contributed by atoms with Crippen molar-refractivity contribution in [2.24, 2.45) is 0 Å². The van der Waals surface area contributed by atoms with Gasteiger partial charge in [-0.1, -0.05) is 12.1 Å². The molecule has 152 valence electrons. The molecule has 0 aliphatic rings. The summed E-state index contributed by atoms with van der Waals surface area (Å²) in [6.07, 6.45) is -5.03. The van der Waals surface area contributed by atoms with E-state index in [1.165, 1.54) is 11.0 Å². The monoisotopic (exact) mass is 388 g/mol. The van der Waals surface area contributed by atoms with Crippen LogP contribution in [0.4, 0.5) is 18.0 Å². The molecule has 1 aromatic carbocycles. The zero-order valence-electron chi connectivity index (χ0n) is 16.3. The van der Waals surface area contributed by atoms with E-state index in [0.717, 1.165) is 12.1 Å². The van der Waals surface area contributed by atoms with Gasteiger partial charge < -0.3 is 15.0 Å². The van der Waals surface area contributed by atoms with Gasteiger partial charge in [0.05, 0.1) is 11.6 Å². The van der Waals surface area contributed by atoms with Crippen LogP contribution in [0.3, 0.4) is 0 Å². The Kier molecular flexibility index (Phi) is 7.68. The minimum absolute atomic E-state index is 0.0242. The maximum absolute atomic E-state index is 12.9. The van der Waals surface area contributed by atoms with Crippen molar-refractivity contribution in [3.63, 3.8) is 0 Å². The fourth-order valence-corrected chi connectivity index (χ4v) is 2.55. The summed E-state index contributed by atoms with van der Waals surface area (Å²) in [6, 6.07) is 4.43. The normalized spacial score (nSPS) is 13.0. The van der Waals surface area contributed by atoms with Crippen LogP contribution in [0.2, 0.25) is 0 Å². The number of carbonyl (C=O) groups excluding carboxylic acids is 2. The first-order valence-corrected chi connectivity index (χ1v) is 8.78. The molecule has 0 aliphatic carbocycles. The zero-order chi connectivity index (χ0) is 20.8. The van der Waals surface area contributed by atoms with Crippen LogP contribution in [-0.2, 0) is 15.7 Å². The minimum Gasteiger partial charge on any atom is -0.444 e. The number of nitrogens with zero attached hydrogens (tertiary/aromatic N) is 1. The maximum Gasteiger partial charge on any atom is 0.416 e. The summed E-state index contributed by atoms with van der Waals surface area (Å²) in [6.45, 7) is 9.04. The number of ether oxygens (including phenoxy) is 1. The molecule has 0 saturated carbocycles. The number of hydrogen-bond acceptors (Lipinski definition) is 3. The molecule has 0 spiro atoms. The van der Waals surface area contributed by atoms with Gasteiger partial charge in [-0.25, -0.2) is 4.79 Å². The third-order valence-corrected chi connectivity index (χ3v) is 3.83. The molecule has 0 radical (unpaired) electrons. The van der Waals surface area contributed by atoms with Crippen molar-refractivity contribution in [3.8, 4) is 0 Å². The molecule has 1 atom stereocenters. The third-order valence-electron chi connectivity index (χ3n) is 3.83. The minimum atomic E-state index is -4.44. The van der Waals surface area contributed by atoms with E-state index in [1.807, 2.05) is 0 Å². The van der Waals surface area contributed by atoms with E-state index in [0.29, 0.717) is 12.1 Å². The summed E-state index contributed by atoms with van der Waals surface area (Å²) in [5.41, 5.74) is -0.983. The Hall–Kier alpha value is -2.25. The molecule has 1 aromatic rings. The van der Waals surface area contributed by atoms with Gasteiger partial charge in [-0.2, -0.15) is 13.2 Å². The molecule has 0 aromatic heterocycles. The number of nitrogens with one attached hydrogen (secondary N) is 1. The highest BCUT2D eigenvalue weighted by molar-refractivity contribution is 5.77. The van der Waals surface area contributed by atoms with Crippen molar-refractivity contribution in [1.82, 2.24) is 10.2 Å². The van der Waals surface area contributed by atoms with Crippen LogP contribution in [0.15, 0.2) is 24.3 Å². The average molecular weight is 388 g/mol. The highest BCUT2D eigenvalue weighted by Crippen LogP contribution is 2.31. The van der Waals surface area contributed by atoms with Gasteiger partial charge in [0.1, 0.15) is 5.60 Å². The number of carbonyl (C=O) groups is 2. The van der Waals surface area contributed by atoms with E-state index < -0.39 is 29.5 Å². The standard InChI is InChI=1S/C19H27F3N2O3/c1-6-24(16(25)10-11-23-17(26)27-18(3,4)5)13(2)14-8-7-9-15(12-14)19(20,21)22/h7-9,12-13H,6,10-11H2,1-5H3,(H,23,26). The summed E-state index contributed by atoms with van der Waals surface area (Å²) in [7, 11) is 0.